The number of aromatic carboxylic acids is 1. The maximum atomic E-state index is 14.3. The molecule has 0 unspecified atom stereocenters. The molecule has 2 amide bonds. The maximum Gasteiger partial charge on any atom is 0.371 e. The molecule has 4 aromatic rings. The lowest BCUT2D eigenvalue weighted by molar-refractivity contribution is -0.000512. The Balaban J connectivity index is 1.09. The predicted octanol–water partition coefficient (Wildman–Crippen LogP) is 4.95. The zero-order chi connectivity index (χ0) is 31.3. The van der Waals surface area contributed by atoms with Crippen LogP contribution in [0, 0.1) is 18.2 Å². The lowest BCUT2D eigenvalue weighted by atomic mass is 9.73. The summed E-state index contributed by atoms with van der Waals surface area (Å²) in [4.78, 5) is 50.9. The van der Waals surface area contributed by atoms with Gasteiger partial charge in [-0.25, -0.2) is 19.2 Å². The molecule has 7 rings (SSSR count). The average molecular weight is 612 g/mol. The molecule has 11 nitrogen and oxygen atoms in total. The number of hydrogen-bond donors (Lipinski definition) is 2. The molecule has 12 heteroatoms. The van der Waals surface area contributed by atoms with Gasteiger partial charge >= 0.3 is 5.97 Å². The van der Waals surface area contributed by atoms with Crippen LogP contribution in [-0.4, -0.2) is 65.7 Å². The van der Waals surface area contributed by atoms with Crippen LogP contribution < -0.4 is 15.1 Å². The molecule has 45 heavy (non-hydrogen) atoms. The second-order valence-corrected chi connectivity index (χ2v) is 11.9. The van der Waals surface area contributed by atoms with E-state index in [-0.39, 0.29) is 47.2 Å². The number of aromatic nitrogens is 2. The summed E-state index contributed by atoms with van der Waals surface area (Å²) in [7, 11) is 0. The number of carboxylic acid groups (broad SMARTS) is 1. The summed E-state index contributed by atoms with van der Waals surface area (Å²) in [6.07, 6.45) is 5.05. The van der Waals surface area contributed by atoms with Gasteiger partial charge in [0, 0.05) is 67.3 Å². The molecule has 3 aliphatic rings. The van der Waals surface area contributed by atoms with Crippen molar-refractivity contribution >= 4 is 35.0 Å². The molecule has 3 aliphatic heterocycles. The lowest BCUT2D eigenvalue weighted by Gasteiger charge is -2.53. The number of hydrogen-bond acceptors (Lipinski definition) is 8. The summed E-state index contributed by atoms with van der Waals surface area (Å²) in [6, 6.07) is 10.9. The van der Waals surface area contributed by atoms with E-state index in [0.29, 0.717) is 28.2 Å². The van der Waals surface area contributed by atoms with Crippen LogP contribution in [0.5, 0.6) is 0 Å². The van der Waals surface area contributed by atoms with E-state index < -0.39 is 17.7 Å². The molecule has 0 saturated carbocycles. The molecule has 2 N–H and O–H groups in total. The fourth-order valence-electron chi connectivity index (χ4n) is 6.36. The lowest BCUT2D eigenvalue weighted by Crippen LogP contribution is -2.59. The number of nitrogens with one attached hydrogen (secondary N) is 1. The maximum absolute atomic E-state index is 14.3. The third-order valence-corrected chi connectivity index (χ3v) is 8.75. The Morgan fingerprint density at radius 1 is 1.02 bits per heavy atom. The normalized spacial score (nSPS) is 16.8. The molecule has 3 aromatic heterocycles. The first-order valence-electron chi connectivity index (χ1n) is 14.7. The van der Waals surface area contributed by atoms with Gasteiger partial charge in [-0.15, -0.1) is 0 Å². The summed E-state index contributed by atoms with van der Waals surface area (Å²) < 4.78 is 25.4. The van der Waals surface area contributed by atoms with E-state index in [1.807, 2.05) is 13.0 Å². The highest BCUT2D eigenvalue weighted by Crippen LogP contribution is 2.42. The van der Waals surface area contributed by atoms with Gasteiger partial charge in [0.15, 0.2) is 5.76 Å². The third kappa shape index (κ3) is 5.31. The van der Waals surface area contributed by atoms with Crippen LogP contribution in [0.15, 0.2) is 59.3 Å². The van der Waals surface area contributed by atoms with Crippen molar-refractivity contribution in [2.45, 2.75) is 26.2 Å². The number of fused-ring (bicyclic) bond motifs is 3. The van der Waals surface area contributed by atoms with Crippen molar-refractivity contribution in [3.05, 3.63) is 88.7 Å². The Hall–Kier alpha value is -5.10. The number of nitrogens with zero attached hydrogens (tertiary/aromatic N) is 4. The summed E-state index contributed by atoms with van der Waals surface area (Å²) in [6.45, 7) is 5.24. The molecule has 2 saturated heterocycles. The van der Waals surface area contributed by atoms with Gasteiger partial charge in [0.05, 0.1) is 17.4 Å². The first kappa shape index (κ1) is 28.7. The van der Waals surface area contributed by atoms with E-state index in [4.69, 9.17) is 9.15 Å². The first-order chi connectivity index (χ1) is 21.7. The van der Waals surface area contributed by atoms with Crippen LogP contribution in [-0.2, 0) is 11.2 Å². The Kier molecular flexibility index (Phi) is 7.08. The number of anilines is 3. The quantitative estimate of drug-likeness (QED) is 0.321. The van der Waals surface area contributed by atoms with Crippen LogP contribution in [0.1, 0.15) is 55.2 Å². The topological polar surface area (TPSA) is 138 Å². The highest BCUT2D eigenvalue weighted by atomic mass is 19.1. The number of carbonyl (C=O) groups excluding carboxylic acids is 2. The zero-order valence-corrected chi connectivity index (χ0v) is 24.5. The molecular formula is C33H30FN5O6. The number of benzene rings is 1. The van der Waals surface area contributed by atoms with Crippen LogP contribution >= 0.6 is 0 Å². The van der Waals surface area contributed by atoms with Crippen molar-refractivity contribution in [2.75, 3.05) is 48.0 Å². The van der Waals surface area contributed by atoms with E-state index >= 15 is 0 Å². The number of furan rings is 1. The van der Waals surface area contributed by atoms with Gasteiger partial charge in [0.1, 0.15) is 17.3 Å². The number of carbonyl (C=O) groups is 3. The van der Waals surface area contributed by atoms with E-state index in [1.165, 1.54) is 17.0 Å². The standard InChI is InChI=1S/C33H30FN5O6/c1-19-12-24(29(36-15-19)38-17-33(18-38)7-10-44-11-8-33)30(40)37-23-4-2-20(3-5-23)31(41)39-9-6-21-13-26(32(42)43)45-28(21)27-25(39)14-22(34)16-35-27/h2-5,12-16H,6-11,17-18H2,1H3,(H,37,40)(H,42,43). The number of rotatable bonds is 5. The second kappa shape index (κ2) is 11.1. The van der Waals surface area contributed by atoms with Gasteiger partial charge < -0.3 is 29.4 Å². The first-order valence-corrected chi connectivity index (χ1v) is 14.7. The molecule has 6 heterocycles. The Bertz CT molecular complexity index is 1820. The summed E-state index contributed by atoms with van der Waals surface area (Å²) >= 11 is 0. The summed E-state index contributed by atoms with van der Waals surface area (Å²) in [5.74, 6) is -1.99. The minimum absolute atomic E-state index is 0.148. The molecule has 0 aliphatic carbocycles. The Labute approximate surface area is 257 Å². The molecule has 0 atom stereocenters. The summed E-state index contributed by atoms with van der Waals surface area (Å²) in [5.41, 5.74) is 3.30. The van der Waals surface area contributed by atoms with E-state index in [9.17, 15) is 23.9 Å². The number of ether oxygens (including phenoxy) is 1. The SMILES string of the molecule is Cc1cnc(N2CC3(CCOCC3)C2)c(C(=O)Nc2ccc(C(=O)N3CCc4cc(C(=O)O)oc4-c4ncc(F)cc43)cc2)c1. The van der Waals surface area contributed by atoms with Crippen molar-refractivity contribution in [3.63, 3.8) is 0 Å². The molecule has 2 fully saturated rings. The van der Waals surface area contributed by atoms with Gasteiger partial charge in [0.25, 0.3) is 11.8 Å². The molecular weight excluding hydrogens is 581 g/mol. The fourth-order valence-corrected chi connectivity index (χ4v) is 6.36. The third-order valence-electron chi connectivity index (χ3n) is 8.75. The number of pyridine rings is 2. The Morgan fingerprint density at radius 2 is 1.78 bits per heavy atom. The predicted molar refractivity (Wildman–Crippen MR) is 162 cm³/mol. The number of aryl methyl sites for hydroxylation is 1. The second-order valence-electron chi connectivity index (χ2n) is 11.9. The van der Waals surface area contributed by atoms with Gasteiger partial charge in [0.2, 0.25) is 5.76 Å². The minimum atomic E-state index is -1.23. The van der Waals surface area contributed by atoms with Crippen LogP contribution in [0.2, 0.25) is 0 Å². The highest BCUT2D eigenvalue weighted by molar-refractivity contribution is 6.10. The van der Waals surface area contributed by atoms with Crippen molar-refractivity contribution in [2.24, 2.45) is 5.41 Å². The van der Waals surface area contributed by atoms with Gasteiger partial charge in [-0.05, 0) is 68.1 Å². The molecule has 0 bridgehead atoms. The van der Waals surface area contributed by atoms with Crippen molar-refractivity contribution < 1.29 is 33.0 Å². The minimum Gasteiger partial charge on any atom is -0.475 e. The monoisotopic (exact) mass is 611 g/mol. The van der Waals surface area contributed by atoms with E-state index in [0.717, 1.165) is 50.9 Å². The number of halogens is 1. The van der Waals surface area contributed by atoms with Crippen LogP contribution in [0.25, 0.3) is 11.5 Å². The van der Waals surface area contributed by atoms with Gasteiger partial charge in [-0.3, -0.25) is 9.59 Å². The van der Waals surface area contributed by atoms with Crippen molar-refractivity contribution in [3.8, 4) is 11.5 Å². The number of carboxylic acids is 1. The smallest absolute Gasteiger partial charge is 0.371 e. The van der Waals surface area contributed by atoms with Gasteiger partial charge in [-0.1, -0.05) is 0 Å². The number of amides is 2. The fraction of sp³-hybridized carbons (Fsp3) is 0.303. The van der Waals surface area contributed by atoms with E-state index in [1.54, 1.807) is 30.5 Å². The Morgan fingerprint density at radius 3 is 2.51 bits per heavy atom. The van der Waals surface area contributed by atoms with E-state index in [2.05, 4.69) is 20.2 Å². The molecule has 230 valence electrons. The molecule has 1 spiro atoms. The summed E-state index contributed by atoms with van der Waals surface area (Å²) in [5, 5.41) is 12.3. The van der Waals surface area contributed by atoms with Crippen molar-refractivity contribution in [1.82, 2.24) is 9.97 Å². The highest BCUT2D eigenvalue weighted by Gasteiger charge is 2.45. The van der Waals surface area contributed by atoms with Gasteiger partial charge in [-0.2, -0.15) is 0 Å². The molecule has 0 radical (unpaired) electrons. The molecule has 1 aromatic carbocycles. The van der Waals surface area contributed by atoms with Crippen LogP contribution in [0.3, 0.4) is 0 Å². The average Bonchev–Trinajstić information content (AvgIpc) is 3.39. The largest absolute Gasteiger partial charge is 0.475 e. The zero-order valence-electron chi connectivity index (χ0n) is 24.5. The van der Waals surface area contributed by atoms with Crippen molar-refractivity contribution in [1.29, 1.82) is 0 Å². The van der Waals surface area contributed by atoms with Crippen LogP contribution in [0.4, 0.5) is 21.6 Å².